The fourth-order valence-electron chi connectivity index (χ4n) is 3.27. The molecular formula is C19H23N7O3. The minimum Gasteiger partial charge on any atom is -0.447 e. The fraction of sp³-hybridized carbons (Fsp3) is 0.368. The molecule has 10 heteroatoms. The summed E-state index contributed by atoms with van der Waals surface area (Å²) in [6, 6.07) is 10.5. The molecule has 2 aromatic heterocycles. The van der Waals surface area contributed by atoms with Crippen molar-refractivity contribution in [2.45, 2.75) is 19.6 Å². The molecule has 3 aromatic rings. The fourth-order valence-corrected chi connectivity index (χ4v) is 3.27. The molecule has 1 aliphatic heterocycles. The Bertz CT molecular complexity index is 986. The van der Waals surface area contributed by atoms with E-state index in [0.29, 0.717) is 18.3 Å². The summed E-state index contributed by atoms with van der Waals surface area (Å²) in [7, 11) is 0. The normalized spacial score (nSPS) is 15.4. The van der Waals surface area contributed by atoms with Crippen LogP contribution in [0.25, 0.3) is 0 Å². The van der Waals surface area contributed by atoms with E-state index in [0.717, 1.165) is 32.7 Å². The van der Waals surface area contributed by atoms with E-state index in [1.165, 1.54) is 11.8 Å². The predicted molar refractivity (Wildman–Crippen MR) is 104 cm³/mol. The molecule has 152 valence electrons. The lowest BCUT2D eigenvalue weighted by molar-refractivity contribution is 0.0944. The second kappa shape index (κ2) is 8.84. The quantitative estimate of drug-likeness (QED) is 0.525. The van der Waals surface area contributed by atoms with Crippen molar-refractivity contribution in [3.63, 3.8) is 0 Å². The first kappa shape index (κ1) is 19.1. The van der Waals surface area contributed by atoms with Crippen LogP contribution in [-0.2, 0) is 19.6 Å². The van der Waals surface area contributed by atoms with Gasteiger partial charge in [-0.1, -0.05) is 30.3 Å². The number of piperazine rings is 1. The van der Waals surface area contributed by atoms with E-state index < -0.39 is 5.69 Å². The Kier molecular flexibility index (Phi) is 5.82. The number of rotatable bonds is 7. The number of carbonyl (C=O) groups is 1. The van der Waals surface area contributed by atoms with Gasteiger partial charge in [-0.05, 0) is 5.56 Å². The van der Waals surface area contributed by atoms with Crippen LogP contribution in [0.4, 0.5) is 0 Å². The predicted octanol–water partition coefficient (Wildman–Crippen LogP) is 0.334. The Morgan fingerprint density at radius 1 is 1.10 bits per heavy atom. The largest absolute Gasteiger partial charge is 0.447 e. The van der Waals surface area contributed by atoms with Crippen LogP contribution < -0.4 is 11.0 Å². The highest BCUT2D eigenvalue weighted by Gasteiger charge is 2.20. The summed E-state index contributed by atoms with van der Waals surface area (Å²) < 4.78 is 5.46. The Morgan fingerprint density at radius 2 is 1.83 bits per heavy atom. The molecule has 1 aromatic carbocycles. The topological polar surface area (TPSA) is 123 Å². The summed E-state index contributed by atoms with van der Waals surface area (Å²) in [5.41, 5.74) is 1.12. The summed E-state index contributed by atoms with van der Waals surface area (Å²) in [5, 5.41) is 8.62. The molecule has 0 unspecified atom stereocenters. The highest BCUT2D eigenvalue weighted by molar-refractivity contribution is 5.91. The van der Waals surface area contributed by atoms with Gasteiger partial charge in [0, 0.05) is 32.7 Å². The van der Waals surface area contributed by atoms with Gasteiger partial charge < -0.3 is 9.73 Å². The number of carbonyl (C=O) groups excluding carboxylic acids is 1. The lowest BCUT2D eigenvalue weighted by Crippen LogP contribution is -2.45. The number of aromatic nitrogens is 4. The molecule has 29 heavy (non-hydrogen) atoms. The van der Waals surface area contributed by atoms with Gasteiger partial charge >= 0.3 is 5.69 Å². The molecular weight excluding hydrogens is 374 g/mol. The van der Waals surface area contributed by atoms with Crippen molar-refractivity contribution < 1.29 is 9.21 Å². The van der Waals surface area contributed by atoms with E-state index in [2.05, 4.69) is 59.5 Å². The SMILES string of the molecule is O=C(NCc1n[nH]c(=O)[nH]1)c1coc(CN2CCN(Cc3ccccc3)CC2)n1. The van der Waals surface area contributed by atoms with E-state index >= 15 is 0 Å². The van der Waals surface area contributed by atoms with Crippen LogP contribution in [0.15, 0.2) is 45.8 Å². The molecule has 0 spiro atoms. The first-order valence-corrected chi connectivity index (χ1v) is 9.50. The van der Waals surface area contributed by atoms with Crippen LogP contribution in [-0.4, -0.2) is 62.1 Å². The highest BCUT2D eigenvalue weighted by atomic mass is 16.3. The number of aromatic amines is 2. The molecule has 1 fully saturated rings. The van der Waals surface area contributed by atoms with Gasteiger partial charge in [-0.15, -0.1) is 0 Å². The molecule has 1 aliphatic rings. The van der Waals surface area contributed by atoms with E-state index in [-0.39, 0.29) is 18.1 Å². The van der Waals surface area contributed by atoms with Crippen molar-refractivity contribution in [3.05, 3.63) is 70.1 Å². The van der Waals surface area contributed by atoms with Gasteiger partial charge in [0.2, 0.25) is 5.89 Å². The minimum atomic E-state index is -0.415. The smallest absolute Gasteiger partial charge is 0.340 e. The van der Waals surface area contributed by atoms with Gasteiger partial charge in [0.05, 0.1) is 13.1 Å². The van der Waals surface area contributed by atoms with Crippen molar-refractivity contribution >= 4 is 5.91 Å². The molecule has 0 atom stereocenters. The standard InChI is InChI=1S/C19H23N7O3/c27-18(20-10-16-22-19(28)24-23-16)15-13-29-17(21-15)12-26-8-6-25(7-9-26)11-14-4-2-1-3-5-14/h1-5,13H,6-12H2,(H,20,27)(H2,22,23,24,28). The molecule has 10 nitrogen and oxygen atoms in total. The Hall–Kier alpha value is -3.24. The first-order chi connectivity index (χ1) is 14.2. The zero-order chi connectivity index (χ0) is 20.1. The van der Waals surface area contributed by atoms with E-state index in [9.17, 15) is 9.59 Å². The van der Waals surface area contributed by atoms with Gasteiger partial charge in [-0.2, -0.15) is 5.10 Å². The van der Waals surface area contributed by atoms with Crippen LogP contribution in [0.1, 0.15) is 27.8 Å². The number of nitrogens with zero attached hydrogens (tertiary/aromatic N) is 4. The van der Waals surface area contributed by atoms with Gasteiger partial charge in [-0.25, -0.2) is 14.9 Å². The van der Waals surface area contributed by atoms with Crippen LogP contribution in [0.3, 0.4) is 0 Å². The lowest BCUT2D eigenvalue weighted by atomic mass is 10.2. The molecule has 0 saturated carbocycles. The third-order valence-electron chi connectivity index (χ3n) is 4.82. The summed E-state index contributed by atoms with van der Waals surface area (Å²) in [5.74, 6) is 0.483. The molecule has 1 amide bonds. The van der Waals surface area contributed by atoms with Gasteiger partial charge in [-0.3, -0.25) is 19.6 Å². The highest BCUT2D eigenvalue weighted by Crippen LogP contribution is 2.11. The molecule has 0 bridgehead atoms. The molecule has 4 rings (SSSR count). The Morgan fingerprint density at radius 3 is 2.52 bits per heavy atom. The van der Waals surface area contributed by atoms with Gasteiger partial charge in [0.15, 0.2) is 5.69 Å². The third kappa shape index (κ3) is 5.18. The van der Waals surface area contributed by atoms with E-state index in [1.54, 1.807) is 0 Å². The molecule has 0 radical (unpaired) electrons. The van der Waals surface area contributed by atoms with E-state index in [4.69, 9.17) is 4.42 Å². The number of oxazole rings is 1. The number of H-pyrrole nitrogens is 2. The van der Waals surface area contributed by atoms with Crippen molar-refractivity contribution in [1.82, 2.24) is 35.3 Å². The summed E-state index contributed by atoms with van der Waals surface area (Å²) in [4.78, 5) is 34.6. The monoisotopic (exact) mass is 397 g/mol. The minimum absolute atomic E-state index is 0.100. The number of hydrogen-bond donors (Lipinski definition) is 3. The average molecular weight is 397 g/mol. The van der Waals surface area contributed by atoms with Crippen molar-refractivity contribution in [2.75, 3.05) is 26.2 Å². The van der Waals surface area contributed by atoms with Crippen molar-refractivity contribution in [3.8, 4) is 0 Å². The summed E-state index contributed by atoms with van der Waals surface area (Å²) in [6.45, 7) is 5.42. The summed E-state index contributed by atoms with van der Waals surface area (Å²) >= 11 is 0. The lowest BCUT2D eigenvalue weighted by Gasteiger charge is -2.34. The second-order valence-electron chi connectivity index (χ2n) is 6.97. The van der Waals surface area contributed by atoms with Crippen LogP contribution in [0, 0.1) is 0 Å². The maximum atomic E-state index is 12.2. The number of nitrogens with one attached hydrogen (secondary N) is 3. The third-order valence-corrected chi connectivity index (χ3v) is 4.82. The average Bonchev–Trinajstić information content (AvgIpc) is 3.37. The maximum Gasteiger partial charge on any atom is 0.340 e. The zero-order valence-corrected chi connectivity index (χ0v) is 15.9. The Labute approximate surface area is 166 Å². The van der Waals surface area contributed by atoms with Gasteiger partial charge in [0.1, 0.15) is 12.1 Å². The molecule has 1 saturated heterocycles. The van der Waals surface area contributed by atoms with Crippen LogP contribution >= 0.6 is 0 Å². The summed E-state index contributed by atoms with van der Waals surface area (Å²) in [6.07, 6.45) is 1.35. The van der Waals surface area contributed by atoms with E-state index in [1.807, 2.05) is 6.07 Å². The van der Waals surface area contributed by atoms with Crippen LogP contribution in [0.5, 0.6) is 0 Å². The van der Waals surface area contributed by atoms with Crippen molar-refractivity contribution in [1.29, 1.82) is 0 Å². The number of benzene rings is 1. The zero-order valence-electron chi connectivity index (χ0n) is 15.9. The number of hydrogen-bond acceptors (Lipinski definition) is 7. The molecule has 3 N–H and O–H groups in total. The second-order valence-corrected chi connectivity index (χ2v) is 6.97. The van der Waals surface area contributed by atoms with Crippen LogP contribution in [0.2, 0.25) is 0 Å². The molecule has 3 heterocycles. The van der Waals surface area contributed by atoms with Crippen molar-refractivity contribution in [2.24, 2.45) is 0 Å². The Balaban J connectivity index is 1.23. The number of amides is 1. The first-order valence-electron chi connectivity index (χ1n) is 9.50. The van der Waals surface area contributed by atoms with Gasteiger partial charge in [0.25, 0.3) is 5.91 Å². The maximum absolute atomic E-state index is 12.2. The molecule has 0 aliphatic carbocycles.